The quantitative estimate of drug-likeness (QED) is 0.370. The molecule has 0 amide bonds. The fourth-order valence-corrected chi connectivity index (χ4v) is 4.28. The van der Waals surface area contributed by atoms with Gasteiger partial charge in [0.25, 0.3) is 0 Å². The zero-order chi connectivity index (χ0) is 22.3. The zero-order valence-corrected chi connectivity index (χ0v) is 19.0. The van der Waals surface area contributed by atoms with Crippen LogP contribution in [-0.4, -0.2) is 61.5 Å². The number of benzene rings is 2. The van der Waals surface area contributed by atoms with Crippen molar-refractivity contribution in [2.75, 3.05) is 46.1 Å². The van der Waals surface area contributed by atoms with E-state index in [1.807, 2.05) is 50.2 Å². The Balaban J connectivity index is 1.54. The molecule has 0 saturated carbocycles. The van der Waals surface area contributed by atoms with Gasteiger partial charge in [-0.05, 0) is 44.0 Å². The third kappa shape index (κ3) is 5.14. The number of hydrogen-bond donors (Lipinski definition) is 0. The molecule has 32 heavy (non-hydrogen) atoms. The molecular weight excluding hydrogens is 404 g/mol. The van der Waals surface area contributed by atoms with Crippen molar-refractivity contribution < 1.29 is 19.0 Å². The van der Waals surface area contributed by atoms with Gasteiger partial charge in [-0.25, -0.2) is 4.79 Å². The second-order valence-electron chi connectivity index (χ2n) is 8.09. The lowest BCUT2D eigenvalue weighted by molar-refractivity contribution is 0.0358. The van der Waals surface area contributed by atoms with Crippen LogP contribution in [0, 0.1) is 6.92 Å². The second-order valence-corrected chi connectivity index (χ2v) is 8.09. The third-order valence-electron chi connectivity index (χ3n) is 5.95. The van der Waals surface area contributed by atoms with Crippen molar-refractivity contribution in [3.8, 4) is 5.75 Å². The van der Waals surface area contributed by atoms with Crippen molar-refractivity contribution in [2.45, 2.75) is 26.8 Å². The molecular formula is C26H32N2O4. The predicted octanol–water partition coefficient (Wildman–Crippen LogP) is 4.28. The summed E-state index contributed by atoms with van der Waals surface area (Å²) >= 11 is 0. The van der Waals surface area contributed by atoms with Gasteiger partial charge < -0.3 is 18.8 Å². The summed E-state index contributed by atoms with van der Waals surface area (Å²) < 4.78 is 19.0. The molecule has 1 aliphatic rings. The van der Waals surface area contributed by atoms with Gasteiger partial charge >= 0.3 is 5.97 Å². The van der Waals surface area contributed by atoms with Crippen molar-refractivity contribution >= 4 is 16.9 Å². The highest BCUT2D eigenvalue weighted by atomic mass is 16.5. The Morgan fingerprint density at radius 1 is 1.09 bits per heavy atom. The Labute approximate surface area is 189 Å². The Hall–Kier alpha value is -2.83. The van der Waals surface area contributed by atoms with Gasteiger partial charge in [-0.2, -0.15) is 0 Å². The number of nitrogens with zero attached hydrogens (tertiary/aromatic N) is 2. The van der Waals surface area contributed by atoms with Gasteiger partial charge in [-0.1, -0.05) is 30.3 Å². The number of morpholine rings is 1. The SMILES string of the molecule is CCOC(=O)c1c(C)n(Cc2ccccc2)c2ccc(OCCCN3CCOCC3)cc12. The smallest absolute Gasteiger partial charge is 0.340 e. The Kier molecular flexibility index (Phi) is 7.45. The van der Waals surface area contributed by atoms with Crippen LogP contribution < -0.4 is 4.74 Å². The molecule has 1 aliphatic heterocycles. The number of ether oxygens (including phenoxy) is 3. The average Bonchev–Trinajstić information content (AvgIpc) is 3.09. The van der Waals surface area contributed by atoms with Crippen LogP contribution in [0.25, 0.3) is 10.9 Å². The first-order chi connectivity index (χ1) is 15.7. The molecule has 3 aromatic rings. The zero-order valence-electron chi connectivity index (χ0n) is 19.0. The highest BCUT2D eigenvalue weighted by Crippen LogP contribution is 2.31. The van der Waals surface area contributed by atoms with E-state index in [1.54, 1.807) is 0 Å². The van der Waals surface area contributed by atoms with Gasteiger partial charge in [-0.3, -0.25) is 4.90 Å². The number of fused-ring (bicyclic) bond motifs is 1. The van der Waals surface area contributed by atoms with Crippen LogP contribution in [0.3, 0.4) is 0 Å². The topological polar surface area (TPSA) is 52.9 Å². The first kappa shape index (κ1) is 22.4. The van der Waals surface area contributed by atoms with Crippen LogP contribution in [0.4, 0.5) is 0 Å². The number of hydrogen-bond acceptors (Lipinski definition) is 5. The van der Waals surface area contributed by atoms with Gasteiger partial charge in [0, 0.05) is 42.8 Å². The van der Waals surface area contributed by atoms with Crippen LogP contribution in [0.1, 0.15) is 35.0 Å². The van der Waals surface area contributed by atoms with Crippen LogP contribution in [0.5, 0.6) is 5.75 Å². The maximum absolute atomic E-state index is 12.8. The van der Waals surface area contributed by atoms with E-state index < -0.39 is 0 Å². The molecule has 4 rings (SSSR count). The van der Waals surface area contributed by atoms with Crippen LogP contribution in [0.15, 0.2) is 48.5 Å². The van der Waals surface area contributed by atoms with Crippen LogP contribution >= 0.6 is 0 Å². The summed E-state index contributed by atoms with van der Waals surface area (Å²) in [6, 6.07) is 16.3. The van der Waals surface area contributed by atoms with Gasteiger partial charge in [-0.15, -0.1) is 0 Å². The predicted molar refractivity (Wildman–Crippen MR) is 126 cm³/mol. The van der Waals surface area contributed by atoms with Gasteiger partial charge in [0.05, 0.1) is 32.0 Å². The van der Waals surface area contributed by atoms with Crippen LogP contribution in [0.2, 0.25) is 0 Å². The molecule has 1 fully saturated rings. The molecule has 2 heterocycles. The molecule has 0 atom stereocenters. The summed E-state index contributed by atoms with van der Waals surface area (Å²) in [6.07, 6.45) is 0.955. The van der Waals surface area contributed by atoms with E-state index >= 15 is 0 Å². The minimum atomic E-state index is -0.286. The molecule has 1 aromatic heterocycles. The minimum absolute atomic E-state index is 0.286. The number of esters is 1. The van der Waals surface area contributed by atoms with E-state index in [2.05, 4.69) is 21.6 Å². The van der Waals surface area contributed by atoms with Crippen molar-refractivity contribution in [3.63, 3.8) is 0 Å². The highest BCUT2D eigenvalue weighted by Gasteiger charge is 2.22. The third-order valence-corrected chi connectivity index (χ3v) is 5.95. The summed E-state index contributed by atoms with van der Waals surface area (Å²) in [5.41, 5.74) is 3.73. The molecule has 0 spiro atoms. The van der Waals surface area contributed by atoms with Crippen molar-refractivity contribution in [3.05, 3.63) is 65.4 Å². The molecule has 6 heteroatoms. The summed E-state index contributed by atoms with van der Waals surface area (Å²) in [5.74, 6) is 0.494. The molecule has 0 unspecified atom stereocenters. The lowest BCUT2D eigenvalue weighted by Crippen LogP contribution is -2.37. The molecule has 2 aromatic carbocycles. The molecule has 0 aliphatic carbocycles. The largest absolute Gasteiger partial charge is 0.494 e. The summed E-state index contributed by atoms with van der Waals surface area (Å²) in [5, 5.41) is 0.877. The first-order valence-corrected chi connectivity index (χ1v) is 11.4. The Morgan fingerprint density at radius 2 is 1.88 bits per heavy atom. The standard InChI is InChI=1S/C26H32N2O4/c1-3-31-26(29)25-20(2)28(19-21-8-5-4-6-9-21)24-11-10-22(18-23(24)25)32-15-7-12-27-13-16-30-17-14-27/h4-6,8-11,18H,3,7,12-17,19H2,1-2H3. The number of rotatable bonds is 9. The number of carbonyl (C=O) groups excluding carboxylic acids is 1. The molecule has 0 bridgehead atoms. The molecule has 170 valence electrons. The van der Waals surface area contributed by atoms with E-state index in [0.29, 0.717) is 25.3 Å². The van der Waals surface area contributed by atoms with E-state index in [-0.39, 0.29) is 5.97 Å². The van der Waals surface area contributed by atoms with Gasteiger partial charge in [0.15, 0.2) is 0 Å². The number of carbonyl (C=O) groups is 1. The lowest BCUT2D eigenvalue weighted by atomic mass is 10.1. The van der Waals surface area contributed by atoms with Crippen LogP contribution in [-0.2, 0) is 16.0 Å². The normalized spacial score (nSPS) is 14.6. The van der Waals surface area contributed by atoms with Crippen molar-refractivity contribution in [2.24, 2.45) is 0 Å². The summed E-state index contributed by atoms with van der Waals surface area (Å²) in [6.45, 7) is 10.1. The average molecular weight is 437 g/mol. The first-order valence-electron chi connectivity index (χ1n) is 11.4. The second kappa shape index (κ2) is 10.7. The Bertz CT molecular complexity index is 1040. The Morgan fingerprint density at radius 3 is 2.62 bits per heavy atom. The van der Waals surface area contributed by atoms with Crippen molar-refractivity contribution in [1.29, 1.82) is 0 Å². The summed E-state index contributed by atoms with van der Waals surface area (Å²) in [4.78, 5) is 15.2. The van der Waals surface area contributed by atoms with E-state index in [0.717, 1.165) is 61.6 Å². The molecule has 0 N–H and O–H groups in total. The van der Waals surface area contributed by atoms with E-state index in [4.69, 9.17) is 14.2 Å². The monoisotopic (exact) mass is 436 g/mol. The minimum Gasteiger partial charge on any atom is -0.494 e. The van der Waals surface area contributed by atoms with E-state index in [9.17, 15) is 4.79 Å². The maximum atomic E-state index is 12.8. The van der Waals surface area contributed by atoms with Crippen molar-refractivity contribution in [1.82, 2.24) is 9.47 Å². The van der Waals surface area contributed by atoms with Gasteiger partial charge in [0.1, 0.15) is 5.75 Å². The molecule has 0 radical (unpaired) electrons. The highest BCUT2D eigenvalue weighted by molar-refractivity contribution is 6.06. The van der Waals surface area contributed by atoms with Gasteiger partial charge in [0.2, 0.25) is 0 Å². The fraction of sp³-hybridized carbons (Fsp3) is 0.423. The lowest BCUT2D eigenvalue weighted by Gasteiger charge is -2.26. The maximum Gasteiger partial charge on any atom is 0.340 e. The fourth-order valence-electron chi connectivity index (χ4n) is 4.28. The van der Waals surface area contributed by atoms with E-state index in [1.165, 1.54) is 5.56 Å². The number of aromatic nitrogens is 1. The molecule has 6 nitrogen and oxygen atoms in total. The molecule has 1 saturated heterocycles. The summed E-state index contributed by atoms with van der Waals surface area (Å²) in [7, 11) is 0.